The topological polar surface area (TPSA) is 72.2 Å². The van der Waals surface area contributed by atoms with Crippen LogP contribution in [0.25, 0.3) is 5.83 Å². The number of nitrogens with two attached hydrogens (primary N) is 1. The number of carbonyl (C=O) groups is 2. The largest absolute Gasteiger partial charge is 0.399 e. The summed E-state index contributed by atoms with van der Waals surface area (Å²) in [6.45, 7) is 3.39. The summed E-state index contributed by atoms with van der Waals surface area (Å²) in [6.07, 6.45) is -1.51. The van der Waals surface area contributed by atoms with E-state index in [0.717, 1.165) is 37.5 Å². The molecule has 1 aliphatic carbocycles. The number of amides is 2. The molecule has 0 aliphatic heterocycles. The number of halogens is 7. The van der Waals surface area contributed by atoms with Gasteiger partial charge < -0.3 is 11.1 Å². The van der Waals surface area contributed by atoms with Crippen molar-refractivity contribution in [2.45, 2.75) is 51.1 Å². The fraction of sp³-hybridized carbons (Fsp3) is 0.385. The van der Waals surface area contributed by atoms with Gasteiger partial charge in [0.05, 0.1) is 21.0 Å². The van der Waals surface area contributed by atoms with Crippen molar-refractivity contribution in [1.29, 1.82) is 0 Å². The molecule has 200 valence electrons. The number of carbonyl (C=O) groups excluding carboxylic acids is 2. The number of rotatable bonds is 9. The lowest BCUT2D eigenvalue weighted by Crippen LogP contribution is -2.30. The van der Waals surface area contributed by atoms with Gasteiger partial charge in [-0.05, 0) is 67.2 Å². The molecule has 1 unspecified atom stereocenters. The molecule has 0 radical (unpaired) electrons. The van der Waals surface area contributed by atoms with Gasteiger partial charge in [-0.2, -0.15) is 13.2 Å². The molecular weight excluding hydrogens is 555 g/mol. The number of alkyl halides is 3. The Balaban J connectivity index is 2.08. The number of benzene rings is 2. The molecule has 0 aromatic heterocycles. The molecule has 2 aromatic rings. The van der Waals surface area contributed by atoms with Crippen LogP contribution in [0.1, 0.15) is 70.6 Å². The van der Waals surface area contributed by atoms with Crippen LogP contribution in [-0.2, 0) is 4.79 Å². The highest BCUT2D eigenvalue weighted by Gasteiger charge is 2.40. The molecule has 0 heterocycles. The second kappa shape index (κ2) is 11.6. The first-order chi connectivity index (χ1) is 17.2. The molecule has 11 heteroatoms. The first kappa shape index (κ1) is 29.3. The van der Waals surface area contributed by atoms with Crippen molar-refractivity contribution >= 4 is 52.4 Å². The molecule has 2 atom stereocenters. The maximum absolute atomic E-state index is 15.7. The monoisotopic (exact) mass is 578 g/mol. The molecule has 37 heavy (non-hydrogen) atoms. The third-order valence-corrected chi connectivity index (χ3v) is 7.64. The van der Waals surface area contributed by atoms with Gasteiger partial charge in [0, 0.05) is 17.7 Å². The van der Waals surface area contributed by atoms with Gasteiger partial charge in [-0.1, -0.05) is 53.7 Å². The third kappa shape index (κ3) is 6.98. The fourth-order valence-corrected chi connectivity index (χ4v) is 4.84. The minimum atomic E-state index is -4.91. The fourth-order valence-electron chi connectivity index (χ4n) is 4.22. The van der Waals surface area contributed by atoms with E-state index in [2.05, 4.69) is 5.32 Å². The van der Waals surface area contributed by atoms with Gasteiger partial charge in [0.25, 0.3) is 0 Å². The van der Waals surface area contributed by atoms with Crippen LogP contribution in [0, 0.1) is 12.8 Å². The average Bonchev–Trinajstić information content (AvgIpc) is 3.63. The molecule has 1 saturated carbocycles. The van der Waals surface area contributed by atoms with E-state index in [1.807, 2.05) is 0 Å². The number of primary amides is 1. The number of allylic oxidation sites excluding steroid dienone is 1. The molecule has 0 spiro atoms. The molecule has 2 aromatic carbocycles. The summed E-state index contributed by atoms with van der Waals surface area (Å²) in [6, 6.07) is 4.31. The van der Waals surface area contributed by atoms with Crippen molar-refractivity contribution in [3.05, 3.63) is 73.2 Å². The molecule has 1 fully saturated rings. The predicted octanol–water partition coefficient (Wildman–Crippen LogP) is 7.73. The van der Waals surface area contributed by atoms with E-state index in [9.17, 15) is 22.8 Å². The van der Waals surface area contributed by atoms with Crippen molar-refractivity contribution in [1.82, 2.24) is 5.32 Å². The van der Waals surface area contributed by atoms with Crippen LogP contribution >= 0.6 is 34.8 Å². The van der Waals surface area contributed by atoms with Crippen molar-refractivity contribution in [2.24, 2.45) is 11.7 Å². The van der Waals surface area contributed by atoms with Crippen LogP contribution < -0.4 is 11.1 Å². The summed E-state index contributed by atoms with van der Waals surface area (Å²) in [7, 11) is 0. The summed E-state index contributed by atoms with van der Waals surface area (Å²) in [5.74, 6) is -5.32. The van der Waals surface area contributed by atoms with Gasteiger partial charge in [-0.25, -0.2) is 4.39 Å². The molecular formula is C26H25Cl3F4N2O2. The standard InChI is InChI=1S/C26H25Cl3F4N2O2/c1-12-16(24(34)36)5-6-17(22(12)13(2)25(37)35-8-7-14-3-4-14)21(30)11-18(26(31,32)33)15-9-19(27)23(29)20(28)10-15/h5-6,9-11,13-14,18H,3-4,7-8H2,1-2H3,(H2,34,36)(H,35,37)/b21-11-/t13-,18?/m1/s1. The molecule has 1 aliphatic rings. The third-order valence-electron chi connectivity index (χ3n) is 6.44. The number of hydrogen-bond donors (Lipinski definition) is 2. The Morgan fingerprint density at radius 2 is 1.70 bits per heavy atom. The molecule has 0 saturated heterocycles. The summed E-state index contributed by atoms with van der Waals surface area (Å²) in [4.78, 5) is 24.8. The normalized spacial score (nSPS) is 15.9. The summed E-state index contributed by atoms with van der Waals surface area (Å²) in [5, 5.41) is 2.22. The summed E-state index contributed by atoms with van der Waals surface area (Å²) in [5.41, 5.74) is 5.07. The van der Waals surface area contributed by atoms with E-state index in [4.69, 9.17) is 40.5 Å². The van der Waals surface area contributed by atoms with E-state index in [-0.39, 0.29) is 37.3 Å². The van der Waals surface area contributed by atoms with Gasteiger partial charge in [-0.15, -0.1) is 0 Å². The van der Waals surface area contributed by atoms with Crippen molar-refractivity contribution < 1.29 is 27.2 Å². The quantitative estimate of drug-likeness (QED) is 0.236. The Bertz CT molecular complexity index is 1220. The number of nitrogens with one attached hydrogen (secondary N) is 1. The molecule has 2 amide bonds. The Morgan fingerprint density at radius 3 is 2.22 bits per heavy atom. The molecule has 4 nitrogen and oxygen atoms in total. The first-order valence-corrected chi connectivity index (χ1v) is 12.7. The van der Waals surface area contributed by atoms with Gasteiger partial charge in [-0.3, -0.25) is 9.59 Å². The minimum absolute atomic E-state index is 0.0350. The Hall–Kier alpha value is -2.29. The van der Waals surface area contributed by atoms with E-state index in [0.29, 0.717) is 18.5 Å². The maximum atomic E-state index is 15.7. The lowest BCUT2D eigenvalue weighted by atomic mass is 9.86. The first-order valence-electron chi connectivity index (χ1n) is 11.5. The molecule has 0 bridgehead atoms. The van der Waals surface area contributed by atoms with E-state index in [1.54, 1.807) is 0 Å². The predicted molar refractivity (Wildman–Crippen MR) is 138 cm³/mol. The van der Waals surface area contributed by atoms with E-state index in [1.165, 1.54) is 19.9 Å². The van der Waals surface area contributed by atoms with Crippen LogP contribution in [0.15, 0.2) is 30.3 Å². The SMILES string of the molecule is Cc1c(C(N)=O)ccc(/C(F)=C/C(c2cc(Cl)c(Cl)c(Cl)c2)C(F)(F)F)c1[C@@H](C)C(=O)NCCC1CC1. The van der Waals surface area contributed by atoms with Crippen LogP contribution in [-0.4, -0.2) is 24.5 Å². The highest BCUT2D eigenvalue weighted by molar-refractivity contribution is 6.48. The minimum Gasteiger partial charge on any atom is -0.366 e. The van der Waals surface area contributed by atoms with Crippen molar-refractivity contribution in [3.63, 3.8) is 0 Å². The van der Waals surface area contributed by atoms with Gasteiger partial charge in [0.2, 0.25) is 11.8 Å². The highest BCUT2D eigenvalue weighted by Crippen LogP contribution is 2.43. The second-order valence-corrected chi connectivity index (χ2v) is 10.3. The van der Waals surface area contributed by atoms with E-state index >= 15 is 4.39 Å². The van der Waals surface area contributed by atoms with Crippen molar-refractivity contribution in [2.75, 3.05) is 6.54 Å². The highest BCUT2D eigenvalue weighted by atomic mass is 35.5. The number of hydrogen-bond acceptors (Lipinski definition) is 2. The summed E-state index contributed by atoms with van der Waals surface area (Å²) >= 11 is 17.7. The zero-order chi connectivity index (χ0) is 27.7. The van der Waals surface area contributed by atoms with Crippen molar-refractivity contribution in [3.8, 4) is 0 Å². The van der Waals surface area contributed by atoms with Gasteiger partial charge in [0.1, 0.15) is 11.7 Å². The molecule has 3 rings (SSSR count). The van der Waals surface area contributed by atoms with Crippen LogP contribution in [0.5, 0.6) is 0 Å². The van der Waals surface area contributed by atoms with E-state index < -0.39 is 41.2 Å². The molecule has 3 N–H and O–H groups in total. The second-order valence-electron chi connectivity index (χ2n) is 9.14. The Kier molecular flexibility index (Phi) is 9.19. The van der Waals surface area contributed by atoms with Crippen LogP contribution in [0.3, 0.4) is 0 Å². The van der Waals surface area contributed by atoms with Gasteiger partial charge in [0.15, 0.2) is 0 Å². The summed E-state index contributed by atoms with van der Waals surface area (Å²) < 4.78 is 57.8. The Labute approximate surface area is 227 Å². The lowest BCUT2D eigenvalue weighted by molar-refractivity contribution is -0.139. The lowest BCUT2D eigenvalue weighted by Gasteiger charge is -2.22. The van der Waals surface area contributed by atoms with Gasteiger partial charge >= 0.3 is 6.18 Å². The smallest absolute Gasteiger partial charge is 0.366 e. The maximum Gasteiger partial charge on any atom is 0.399 e. The Morgan fingerprint density at radius 1 is 1.14 bits per heavy atom. The van der Waals surface area contributed by atoms with Crippen LogP contribution in [0.4, 0.5) is 17.6 Å². The zero-order valence-corrected chi connectivity index (χ0v) is 22.3. The van der Waals surface area contributed by atoms with Crippen LogP contribution in [0.2, 0.25) is 15.1 Å². The average molecular weight is 580 g/mol. The zero-order valence-electron chi connectivity index (χ0n) is 20.0.